The zero-order chi connectivity index (χ0) is 51.8. The Morgan fingerprint density at radius 2 is 0.775 bits per heavy atom. The van der Waals surface area contributed by atoms with Gasteiger partial charge in [-0.25, -0.2) is 0 Å². The zero-order valence-corrected chi connectivity index (χ0v) is 46.0. The van der Waals surface area contributed by atoms with Gasteiger partial charge in [0.05, 0.1) is 11.4 Å². The van der Waals surface area contributed by atoms with Gasteiger partial charge in [-0.15, -0.1) is 0 Å². The number of fused-ring (bicyclic) bond motifs is 5. The average molecular weight is 936 g/mol. The van der Waals surface area contributed by atoms with Gasteiger partial charge in [0.1, 0.15) is 0 Å². The van der Waals surface area contributed by atoms with Crippen LogP contribution in [-0.2, 0) is 5.41 Å². The summed E-state index contributed by atoms with van der Waals surface area (Å²) >= 11 is 0. The van der Waals surface area contributed by atoms with Gasteiger partial charge in [0, 0.05) is 22.1 Å². The normalized spacial score (nSPS) is 11.3. The lowest BCUT2D eigenvalue weighted by atomic mass is 9.81. The molecular weight excluding hydrogens is 855 g/mol. The topological polar surface area (TPSA) is 3.24 Å². The van der Waals surface area contributed by atoms with E-state index in [1.54, 1.807) is 0 Å². The van der Waals surface area contributed by atoms with Crippen LogP contribution in [0.25, 0.3) is 44.2 Å². The highest BCUT2D eigenvalue weighted by Gasteiger charge is 2.38. The zero-order valence-electron chi connectivity index (χ0n) is 46.0. The lowest BCUT2D eigenvalue weighted by Crippen LogP contribution is -2.17. The Labute approximate surface area is 430 Å². The van der Waals surface area contributed by atoms with Crippen molar-refractivity contribution in [3.63, 3.8) is 0 Å². The minimum Gasteiger partial charge on any atom is -0.309 e. The molecule has 1 aliphatic rings. The molecule has 0 heterocycles. The largest absolute Gasteiger partial charge is 0.309 e. The third kappa shape index (κ3) is 12.9. The molecule has 1 heteroatoms. The van der Waals surface area contributed by atoms with E-state index in [2.05, 4.69) is 264 Å². The summed E-state index contributed by atoms with van der Waals surface area (Å²) < 4.78 is 0. The van der Waals surface area contributed by atoms with Gasteiger partial charge in [0.25, 0.3) is 0 Å². The van der Waals surface area contributed by atoms with Crippen LogP contribution in [0.4, 0.5) is 17.1 Å². The maximum Gasteiger partial charge on any atom is 0.0543 e. The number of aryl methyl sites for hydroxylation is 7. The van der Waals surface area contributed by atoms with E-state index in [4.69, 9.17) is 0 Å². The standard InChI is InChI=1S/C40H35N.C15H16.C7H8.C4H10.2C2H6/c1-26-22-23-33-34(24-26)40(4,5)35-25-37(31-19-11-12-20-32(31)39(33)35)41(29-16-7-6-8-17-29)36-21-13-15-28(3)38(36)30-18-10-9-14-27(30)2;1-11-7-4-5-10-14(11)15-12(2)8-6-9-13(15)3;1-7-5-3-2-4-6-7;1-4(2)3;2*1-2/h6-25H,1-5H3;4-10H,1-3H3;2-6H,1H3;4H,1-3H3;2*1-2H3. The summed E-state index contributed by atoms with van der Waals surface area (Å²) in [5.41, 5.74) is 23.5. The third-order valence-electron chi connectivity index (χ3n) is 12.8. The summed E-state index contributed by atoms with van der Waals surface area (Å²) in [4.78, 5) is 2.49. The summed E-state index contributed by atoms with van der Waals surface area (Å²) in [5, 5.41) is 2.57. The molecule has 10 rings (SSSR count). The molecule has 0 unspecified atom stereocenters. The van der Waals surface area contributed by atoms with Gasteiger partial charge in [0.15, 0.2) is 0 Å². The summed E-state index contributed by atoms with van der Waals surface area (Å²) in [5.74, 6) is 0.833. The van der Waals surface area contributed by atoms with E-state index in [-0.39, 0.29) is 5.41 Å². The molecule has 9 aromatic rings. The van der Waals surface area contributed by atoms with Crippen LogP contribution in [-0.4, -0.2) is 0 Å². The van der Waals surface area contributed by atoms with Gasteiger partial charge < -0.3 is 4.90 Å². The van der Waals surface area contributed by atoms with Crippen LogP contribution < -0.4 is 4.90 Å². The van der Waals surface area contributed by atoms with E-state index in [9.17, 15) is 0 Å². The minimum atomic E-state index is -0.108. The van der Waals surface area contributed by atoms with Crippen LogP contribution in [0.2, 0.25) is 0 Å². The van der Waals surface area contributed by atoms with Crippen molar-refractivity contribution in [1.82, 2.24) is 0 Å². The quantitative estimate of drug-likeness (QED) is 0.166. The molecule has 71 heavy (non-hydrogen) atoms. The molecular formula is C70H81N. The molecule has 0 fully saturated rings. The maximum atomic E-state index is 2.49. The number of rotatable bonds is 5. The number of para-hydroxylation sites is 1. The summed E-state index contributed by atoms with van der Waals surface area (Å²) in [6.45, 7) is 34.5. The van der Waals surface area contributed by atoms with E-state index in [0.717, 1.165) is 11.6 Å². The Hall–Kier alpha value is -6.96. The Balaban J connectivity index is 0.000000254. The second-order valence-electron chi connectivity index (χ2n) is 19.5. The second-order valence-corrected chi connectivity index (χ2v) is 19.5. The van der Waals surface area contributed by atoms with Gasteiger partial charge in [-0.1, -0.05) is 243 Å². The van der Waals surface area contributed by atoms with E-state index in [0.29, 0.717) is 0 Å². The predicted octanol–water partition coefficient (Wildman–Crippen LogP) is 21.2. The molecule has 0 bridgehead atoms. The first kappa shape index (κ1) is 55.0. The molecule has 0 atom stereocenters. The molecule has 0 saturated carbocycles. The SMILES string of the molecule is CC.CC.CC(C)C.Cc1ccc2c(c1)C(C)(C)c1cc(N(c3ccccc3)c3cccc(C)c3-c3ccccc3C)c3ccccc3c1-2.Cc1ccccc1.Cc1ccccc1-c1c(C)cccc1C. The van der Waals surface area contributed by atoms with Crippen LogP contribution in [0, 0.1) is 54.4 Å². The molecule has 0 spiro atoms. The lowest BCUT2D eigenvalue weighted by Gasteiger charge is -2.32. The van der Waals surface area contributed by atoms with Crippen LogP contribution in [0.3, 0.4) is 0 Å². The van der Waals surface area contributed by atoms with E-state index < -0.39 is 0 Å². The smallest absolute Gasteiger partial charge is 0.0543 e. The summed E-state index contributed by atoms with van der Waals surface area (Å²) in [6.07, 6.45) is 0. The number of benzene rings is 9. The van der Waals surface area contributed by atoms with Crippen molar-refractivity contribution in [1.29, 1.82) is 0 Å². The van der Waals surface area contributed by atoms with Gasteiger partial charge in [-0.2, -0.15) is 0 Å². The molecule has 0 radical (unpaired) electrons. The molecule has 1 nitrogen and oxygen atoms in total. The van der Waals surface area contributed by atoms with Crippen LogP contribution in [0.5, 0.6) is 0 Å². The van der Waals surface area contributed by atoms with Gasteiger partial charge >= 0.3 is 0 Å². The number of hydrogen-bond donors (Lipinski definition) is 0. The van der Waals surface area contributed by atoms with Crippen molar-refractivity contribution in [2.45, 2.75) is 116 Å². The molecule has 0 amide bonds. The predicted molar refractivity (Wildman–Crippen MR) is 316 cm³/mol. The summed E-state index contributed by atoms with van der Waals surface area (Å²) in [7, 11) is 0. The highest BCUT2D eigenvalue weighted by molar-refractivity contribution is 6.10. The molecule has 0 N–H and O–H groups in total. The van der Waals surface area contributed by atoms with Crippen LogP contribution in [0.1, 0.15) is 112 Å². The molecule has 1 aliphatic carbocycles. The highest BCUT2D eigenvalue weighted by Crippen LogP contribution is 2.55. The van der Waals surface area contributed by atoms with Gasteiger partial charge in [-0.05, 0) is 151 Å². The van der Waals surface area contributed by atoms with Crippen molar-refractivity contribution < 1.29 is 0 Å². The number of anilines is 3. The fourth-order valence-corrected chi connectivity index (χ4v) is 9.52. The van der Waals surface area contributed by atoms with E-state index >= 15 is 0 Å². The maximum absolute atomic E-state index is 2.49. The first-order valence-electron chi connectivity index (χ1n) is 26.0. The first-order valence-corrected chi connectivity index (χ1v) is 26.0. The number of hydrogen-bond acceptors (Lipinski definition) is 1. The molecule has 0 aliphatic heterocycles. The van der Waals surface area contributed by atoms with Crippen LogP contribution >= 0.6 is 0 Å². The van der Waals surface area contributed by atoms with E-state index in [1.807, 2.05) is 45.9 Å². The Morgan fingerprint density at radius 3 is 1.30 bits per heavy atom. The van der Waals surface area contributed by atoms with E-state index in [1.165, 1.54) is 106 Å². The molecule has 366 valence electrons. The fourth-order valence-electron chi connectivity index (χ4n) is 9.52. The van der Waals surface area contributed by atoms with Crippen molar-refractivity contribution >= 4 is 27.8 Å². The van der Waals surface area contributed by atoms with Crippen molar-refractivity contribution in [3.8, 4) is 33.4 Å². The number of nitrogens with zero attached hydrogens (tertiary/aromatic N) is 1. The second kappa shape index (κ2) is 25.8. The Kier molecular flexibility index (Phi) is 20.0. The molecule has 0 saturated heterocycles. The van der Waals surface area contributed by atoms with Crippen molar-refractivity contribution in [3.05, 3.63) is 244 Å². The Morgan fingerprint density at radius 1 is 0.338 bits per heavy atom. The van der Waals surface area contributed by atoms with Gasteiger partial charge in [-0.3, -0.25) is 0 Å². The van der Waals surface area contributed by atoms with Crippen molar-refractivity contribution in [2.24, 2.45) is 5.92 Å². The fraction of sp³-hybridized carbons (Fsp3) is 0.257. The van der Waals surface area contributed by atoms with Crippen molar-refractivity contribution in [2.75, 3.05) is 4.90 Å². The Bertz CT molecular complexity index is 3070. The minimum absolute atomic E-state index is 0.108. The van der Waals surface area contributed by atoms with Gasteiger partial charge in [0.2, 0.25) is 0 Å². The molecule has 9 aromatic carbocycles. The average Bonchev–Trinajstić information content (AvgIpc) is 3.59. The lowest BCUT2D eigenvalue weighted by molar-refractivity contribution is 0.660. The monoisotopic (exact) mass is 936 g/mol. The van der Waals surface area contributed by atoms with Crippen LogP contribution in [0.15, 0.2) is 194 Å². The molecule has 0 aromatic heterocycles. The summed E-state index contributed by atoms with van der Waals surface area (Å²) in [6, 6.07) is 70.0. The third-order valence-corrected chi connectivity index (χ3v) is 12.8. The first-order chi connectivity index (χ1) is 34.2. The highest BCUT2D eigenvalue weighted by atomic mass is 15.1.